The van der Waals surface area contributed by atoms with Crippen LogP contribution in [0.1, 0.15) is 25.0 Å². The van der Waals surface area contributed by atoms with E-state index in [2.05, 4.69) is 20.3 Å². The van der Waals surface area contributed by atoms with Gasteiger partial charge in [0.05, 0.1) is 16.0 Å². The summed E-state index contributed by atoms with van der Waals surface area (Å²) in [7, 11) is 0. The van der Waals surface area contributed by atoms with Crippen molar-refractivity contribution in [2.45, 2.75) is 39.0 Å². The maximum absolute atomic E-state index is 13.1. The molecule has 0 aliphatic heterocycles. The summed E-state index contributed by atoms with van der Waals surface area (Å²) >= 11 is 6.21. The molecule has 0 radical (unpaired) electrons. The normalized spacial score (nSPS) is 13.7. The molecule has 13 heteroatoms. The van der Waals surface area contributed by atoms with Crippen molar-refractivity contribution in [3.05, 3.63) is 69.1 Å². The maximum atomic E-state index is 13.1. The molecule has 0 fully saturated rings. The van der Waals surface area contributed by atoms with Crippen LogP contribution >= 0.6 is 11.6 Å². The molecule has 6 nitrogen and oxygen atoms in total. The number of aromatic nitrogens is 3. The second-order valence-corrected chi connectivity index (χ2v) is 8.63. The Morgan fingerprint density at radius 3 is 2.37 bits per heavy atom. The van der Waals surface area contributed by atoms with E-state index in [4.69, 9.17) is 11.6 Å². The number of rotatable bonds is 6. The molecule has 3 N–H and O–H groups in total. The van der Waals surface area contributed by atoms with Crippen LogP contribution < -0.4 is 11.0 Å². The fraction of sp³-hybridized carbons (Fsp3) is 0.318. The van der Waals surface area contributed by atoms with Gasteiger partial charge in [0.1, 0.15) is 12.1 Å². The molecule has 1 aromatic heterocycles. The third-order valence-corrected chi connectivity index (χ3v) is 5.63. The summed E-state index contributed by atoms with van der Waals surface area (Å²) in [5, 5.41) is 12.5. The standard InChI is InChI=1S/C22H19ClF6N4O2/c1-20(2,22(27,28)29)18(34)30-10-11-6-7-15(23)14(8-11)17-31-16(32-19(35)33-17)12-4-3-5-13(9-12)21(24,25)26/h3-9,18,30,34H,10H2,1-2H3,(H,31,32,33,35). The highest BCUT2D eigenvalue weighted by Gasteiger charge is 2.52. The molecule has 1 atom stereocenters. The first-order valence-electron chi connectivity index (χ1n) is 10.0. The zero-order chi connectivity index (χ0) is 26.2. The van der Waals surface area contributed by atoms with Gasteiger partial charge < -0.3 is 5.11 Å². The van der Waals surface area contributed by atoms with E-state index < -0.39 is 35.2 Å². The summed E-state index contributed by atoms with van der Waals surface area (Å²) < 4.78 is 78.6. The molecule has 0 spiro atoms. The molecule has 2 aromatic carbocycles. The molecule has 188 valence electrons. The van der Waals surface area contributed by atoms with E-state index in [1.165, 1.54) is 24.3 Å². The number of nitrogens with zero attached hydrogens (tertiary/aromatic N) is 2. The largest absolute Gasteiger partial charge is 0.416 e. The van der Waals surface area contributed by atoms with Crippen molar-refractivity contribution in [1.29, 1.82) is 0 Å². The number of hydrogen-bond donors (Lipinski definition) is 3. The SMILES string of the molecule is CC(C)(C(O)NCc1ccc(Cl)c(-c2nc(-c3cccc(C(F)(F)F)c3)nc(=O)[nH]2)c1)C(F)(F)F. The molecule has 3 aromatic rings. The lowest BCUT2D eigenvalue weighted by Crippen LogP contribution is -2.50. The number of benzene rings is 2. The summed E-state index contributed by atoms with van der Waals surface area (Å²) in [4.78, 5) is 22.2. The highest BCUT2D eigenvalue weighted by Crippen LogP contribution is 2.39. The molecule has 3 rings (SSSR count). The van der Waals surface area contributed by atoms with Crippen LogP contribution in [0, 0.1) is 5.41 Å². The van der Waals surface area contributed by atoms with Crippen molar-refractivity contribution in [3.8, 4) is 22.8 Å². The number of hydrogen-bond acceptors (Lipinski definition) is 5. The number of halogens is 7. The predicted octanol–water partition coefficient (Wildman–Crippen LogP) is 5.17. The monoisotopic (exact) mass is 520 g/mol. The predicted molar refractivity (Wildman–Crippen MR) is 116 cm³/mol. The van der Waals surface area contributed by atoms with Crippen molar-refractivity contribution in [1.82, 2.24) is 20.3 Å². The molecule has 35 heavy (non-hydrogen) atoms. The minimum atomic E-state index is -4.66. The quantitative estimate of drug-likeness (QED) is 0.308. The Balaban J connectivity index is 1.93. The van der Waals surface area contributed by atoms with E-state index in [1.807, 2.05) is 0 Å². The van der Waals surface area contributed by atoms with Gasteiger partial charge in [-0.05, 0) is 43.7 Å². The Kier molecular flexibility index (Phi) is 7.30. The topological polar surface area (TPSA) is 90.9 Å². The van der Waals surface area contributed by atoms with Gasteiger partial charge >= 0.3 is 18.0 Å². The molecule has 0 saturated carbocycles. The Labute approximate surface area is 200 Å². The zero-order valence-electron chi connectivity index (χ0n) is 18.2. The van der Waals surface area contributed by atoms with Crippen molar-refractivity contribution in [2.24, 2.45) is 5.41 Å². The Bertz CT molecular complexity index is 1270. The van der Waals surface area contributed by atoms with E-state index in [1.54, 1.807) is 0 Å². The lowest BCUT2D eigenvalue weighted by molar-refractivity contribution is -0.246. The van der Waals surface area contributed by atoms with Gasteiger partial charge in [0.2, 0.25) is 0 Å². The maximum Gasteiger partial charge on any atom is 0.416 e. The van der Waals surface area contributed by atoms with Crippen LogP contribution in [0.5, 0.6) is 0 Å². The molecule has 0 aliphatic carbocycles. The van der Waals surface area contributed by atoms with E-state index >= 15 is 0 Å². The third kappa shape index (κ3) is 6.00. The van der Waals surface area contributed by atoms with Gasteiger partial charge in [-0.15, -0.1) is 0 Å². The van der Waals surface area contributed by atoms with Crippen molar-refractivity contribution in [3.63, 3.8) is 0 Å². The minimum Gasteiger partial charge on any atom is -0.378 e. The molecular weight excluding hydrogens is 502 g/mol. The van der Waals surface area contributed by atoms with Gasteiger partial charge in [0, 0.05) is 17.7 Å². The molecular formula is C22H19ClF6N4O2. The highest BCUT2D eigenvalue weighted by molar-refractivity contribution is 6.33. The lowest BCUT2D eigenvalue weighted by atomic mass is 9.90. The second kappa shape index (κ2) is 9.59. The lowest BCUT2D eigenvalue weighted by Gasteiger charge is -2.33. The van der Waals surface area contributed by atoms with Crippen LogP contribution in [0.15, 0.2) is 47.3 Å². The van der Waals surface area contributed by atoms with Gasteiger partial charge in [-0.3, -0.25) is 10.3 Å². The summed E-state index contributed by atoms with van der Waals surface area (Å²) in [5.41, 5.74) is -3.79. The smallest absolute Gasteiger partial charge is 0.378 e. The highest BCUT2D eigenvalue weighted by atomic mass is 35.5. The van der Waals surface area contributed by atoms with Gasteiger partial charge in [0.15, 0.2) is 5.82 Å². The van der Waals surface area contributed by atoms with Crippen LogP contribution in [0.3, 0.4) is 0 Å². The Hall–Kier alpha value is -2.96. The van der Waals surface area contributed by atoms with E-state index in [9.17, 15) is 36.2 Å². The van der Waals surface area contributed by atoms with Crippen molar-refractivity contribution < 1.29 is 31.4 Å². The average molecular weight is 521 g/mol. The molecule has 0 bridgehead atoms. The van der Waals surface area contributed by atoms with Crippen LogP contribution in [-0.4, -0.2) is 32.5 Å². The summed E-state index contributed by atoms with van der Waals surface area (Å²) in [5.74, 6) is -0.391. The summed E-state index contributed by atoms with van der Waals surface area (Å²) in [6.07, 6.45) is -11.2. The first-order valence-corrected chi connectivity index (χ1v) is 10.4. The van der Waals surface area contributed by atoms with Crippen LogP contribution in [-0.2, 0) is 12.7 Å². The number of nitrogens with one attached hydrogen (secondary N) is 2. The van der Waals surface area contributed by atoms with Gasteiger partial charge in [-0.1, -0.05) is 29.8 Å². The number of aliphatic hydroxyl groups is 1. The summed E-state index contributed by atoms with van der Waals surface area (Å²) in [6, 6.07) is 8.41. The Morgan fingerprint density at radius 1 is 1.06 bits per heavy atom. The first kappa shape index (κ1) is 26.6. The number of aliphatic hydroxyl groups excluding tert-OH is 1. The van der Waals surface area contributed by atoms with E-state index in [0.29, 0.717) is 5.56 Å². The van der Waals surface area contributed by atoms with Gasteiger partial charge in [-0.2, -0.15) is 31.3 Å². The number of alkyl halides is 6. The van der Waals surface area contributed by atoms with Crippen LogP contribution in [0.2, 0.25) is 5.02 Å². The average Bonchev–Trinajstić information content (AvgIpc) is 2.76. The number of H-pyrrole nitrogens is 1. The Morgan fingerprint density at radius 2 is 1.74 bits per heavy atom. The molecule has 1 heterocycles. The number of aromatic amines is 1. The van der Waals surface area contributed by atoms with E-state index in [0.717, 1.165) is 32.0 Å². The fourth-order valence-corrected chi connectivity index (χ4v) is 3.17. The fourth-order valence-electron chi connectivity index (χ4n) is 2.96. The van der Waals surface area contributed by atoms with Crippen molar-refractivity contribution >= 4 is 11.6 Å². The summed E-state index contributed by atoms with van der Waals surface area (Å²) in [6.45, 7) is 1.50. The second-order valence-electron chi connectivity index (χ2n) is 8.22. The van der Waals surface area contributed by atoms with E-state index in [-0.39, 0.29) is 34.3 Å². The van der Waals surface area contributed by atoms with Crippen LogP contribution in [0.4, 0.5) is 26.3 Å². The molecule has 0 saturated heterocycles. The minimum absolute atomic E-state index is 0.0568. The third-order valence-electron chi connectivity index (χ3n) is 5.30. The first-order chi connectivity index (χ1) is 16.1. The van der Waals surface area contributed by atoms with Crippen LogP contribution in [0.25, 0.3) is 22.8 Å². The van der Waals surface area contributed by atoms with Gasteiger partial charge in [0.25, 0.3) is 0 Å². The zero-order valence-corrected chi connectivity index (χ0v) is 19.0. The van der Waals surface area contributed by atoms with Gasteiger partial charge in [-0.25, -0.2) is 9.78 Å². The molecule has 0 amide bonds. The molecule has 0 aliphatic rings. The van der Waals surface area contributed by atoms with Crippen molar-refractivity contribution in [2.75, 3.05) is 0 Å². The molecule has 1 unspecified atom stereocenters.